The molecule has 0 aliphatic rings. The number of hydrogen-bond acceptors (Lipinski definition) is 4. The number of ether oxygens (including phenoxy) is 1. The molecule has 148 valence electrons. The van der Waals surface area contributed by atoms with E-state index >= 15 is 0 Å². The van der Waals surface area contributed by atoms with Crippen molar-refractivity contribution < 1.29 is 19.1 Å². The Hall–Kier alpha value is -3.15. The largest absolute Gasteiger partial charge is 0.466 e. The number of amides is 2. The monoisotopic (exact) mass is 382 g/mol. The van der Waals surface area contributed by atoms with Crippen molar-refractivity contribution in [2.24, 2.45) is 0 Å². The van der Waals surface area contributed by atoms with Crippen molar-refractivity contribution in [2.75, 3.05) is 18.5 Å². The van der Waals surface area contributed by atoms with Gasteiger partial charge in [0.25, 0.3) is 5.91 Å². The van der Waals surface area contributed by atoms with Crippen molar-refractivity contribution in [2.45, 2.75) is 32.6 Å². The van der Waals surface area contributed by atoms with Crippen LogP contribution in [0.5, 0.6) is 0 Å². The normalized spacial score (nSPS) is 10.2. The van der Waals surface area contributed by atoms with E-state index in [-0.39, 0.29) is 24.2 Å². The molecule has 2 amide bonds. The Balaban J connectivity index is 1.63. The second-order valence-corrected chi connectivity index (χ2v) is 6.31. The van der Waals surface area contributed by atoms with Crippen LogP contribution in [0.15, 0.2) is 54.6 Å². The van der Waals surface area contributed by atoms with E-state index in [1.54, 1.807) is 43.3 Å². The third kappa shape index (κ3) is 7.61. The number of benzene rings is 2. The number of nitrogens with one attached hydrogen (secondary N) is 2. The van der Waals surface area contributed by atoms with Gasteiger partial charge in [-0.05, 0) is 49.6 Å². The van der Waals surface area contributed by atoms with Crippen LogP contribution < -0.4 is 10.6 Å². The molecule has 6 nitrogen and oxygen atoms in total. The molecule has 0 aliphatic heterocycles. The summed E-state index contributed by atoms with van der Waals surface area (Å²) in [7, 11) is 0. The molecule has 2 N–H and O–H groups in total. The molecule has 0 spiro atoms. The van der Waals surface area contributed by atoms with Crippen molar-refractivity contribution in [1.29, 1.82) is 0 Å². The van der Waals surface area contributed by atoms with Gasteiger partial charge in [-0.2, -0.15) is 0 Å². The van der Waals surface area contributed by atoms with Crippen LogP contribution >= 0.6 is 0 Å². The molecule has 2 aromatic carbocycles. The van der Waals surface area contributed by atoms with E-state index in [0.29, 0.717) is 37.2 Å². The van der Waals surface area contributed by atoms with Crippen LogP contribution in [0.25, 0.3) is 0 Å². The maximum absolute atomic E-state index is 12.0. The number of esters is 1. The Morgan fingerprint density at radius 2 is 1.64 bits per heavy atom. The van der Waals surface area contributed by atoms with Crippen molar-refractivity contribution >= 4 is 23.5 Å². The number of anilines is 1. The SMILES string of the molecule is CCOC(=O)Cc1ccc(NC(=O)CCCCNC(=O)c2ccccc2)cc1. The molecule has 0 aliphatic carbocycles. The van der Waals surface area contributed by atoms with Crippen molar-refractivity contribution in [3.05, 3.63) is 65.7 Å². The minimum Gasteiger partial charge on any atom is -0.466 e. The van der Waals surface area contributed by atoms with E-state index in [2.05, 4.69) is 10.6 Å². The lowest BCUT2D eigenvalue weighted by molar-refractivity contribution is -0.142. The van der Waals surface area contributed by atoms with Gasteiger partial charge < -0.3 is 15.4 Å². The summed E-state index contributed by atoms with van der Waals surface area (Å²) < 4.78 is 4.91. The van der Waals surface area contributed by atoms with Crippen LogP contribution in [-0.2, 0) is 20.7 Å². The highest BCUT2D eigenvalue weighted by Crippen LogP contribution is 2.11. The Labute approximate surface area is 165 Å². The Morgan fingerprint density at radius 3 is 2.32 bits per heavy atom. The van der Waals surface area contributed by atoms with E-state index in [0.717, 1.165) is 12.0 Å². The van der Waals surface area contributed by atoms with Gasteiger partial charge >= 0.3 is 5.97 Å². The molecule has 0 aromatic heterocycles. The van der Waals surface area contributed by atoms with Gasteiger partial charge in [-0.1, -0.05) is 30.3 Å². The second-order valence-electron chi connectivity index (χ2n) is 6.31. The van der Waals surface area contributed by atoms with Crippen LogP contribution in [0.4, 0.5) is 5.69 Å². The zero-order valence-electron chi connectivity index (χ0n) is 16.1. The lowest BCUT2D eigenvalue weighted by Crippen LogP contribution is -2.24. The van der Waals surface area contributed by atoms with E-state index in [9.17, 15) is 14.4 Å². The zero-order chi connectivity index (χ0) is 20.2. The van der Waals surface area contributed by atoms with E-state index in [4.69, 9.17) is 4.74 Å². The van der Waals surface area contributed by atoms with Crippen LogP contribution in [0.2, 0.25) is 0 Å². The first-order chi connectivity index (χ1) is 13.6. The molecule has 0 unspecified atom stereocenters. The molecule has 6 heteroatoms. The summed E-state index contributed by atoms with van der Waals surface area (Å²) in [5.74, 6) is -0.445. The molecule has 2 aromatic rings. The number of carbonyl (C=O) groups excluding carboxylic acids is 3. The Morgan fingerprint density at radius 1 is 0.929 bits per heavy atom. The fraction of sp³-hybridized carbons (Fsp3) is 0.318. The first-order valence-corrected chi connectivity index (χ1v) is 9.46. The molecular formula is C22H26N2O4. The second kappa shape index (κ2) is 11.5. The van der Waals surface area contributed by atoms with Gasteiger partial charge in [0.15, 0.2) is 0 Å². The third-order valence-electron chi connectivity index (χ3n) is 4.04. The summed E-state index contributed by atoms with van der Waals surface area (Å²) in [6.45, 7) is 2.67. The molecule has 0 fully saturated rings. The number of hydrogen-bond donors (Lipinski definition) is 2. The smallest absolute Gasteiger partial charge is 0.310 e. The predicted octanol–water partition coefficient (Wildman–Crippen LogP) is 3.33. The van der Waals surface area contributed by atoms with Crippen LogP contribution in [0.1, 0.15) is 42.1 Å². The molecular weight excluding hydrogens is 356 g/mol. The quantitative estimate of drug-likeness (QED) is 0.488. The number of unbranched alkanes of at least 4 members (excludes halogenated alkanes) is 1. The van der Waals surface area contributed by atoms with Gasteiger partial charge in [0.1, 0.15) is 0 Å². The van der Waals surface area contributed by atoms with Gasteiger partial charge in [-0.25, -0.2) is 0 Å². The lowest BCUT2D eigenvalue weighted by atomic mass is 10.1. The molecule has 0 saturated carbocycles. The first-order valence-electron chi connectivity index (χ1n) is 9.46. The molecule has 0 radical (unpaired) electrons. The maximum atomic E-state index is 12.0. The zero-order valence-corrected chi connectivity index (χ0v) is 16.1. The molecule has 2 rings (SSSR count). The summed E-state index contributed by atoms with van der Waals surface area (Å²) in [5, 5.41) is 5.68. The molecule has 0 bridgehead atoms. The third-order valence-corrected chi connectivity index (χ3v) is 4.04. The van der Waals surface area contributed by atoms with E-state index in [1.165, 1.54) is 0 Å². The van der Waals surface area contributed by atoms with Gasteiger partial charge in [-0.15, -0.1) is 0 Å². The predicted molar refractivity (Wildman–Crippen MR) is 108 cm³/mol. The topological polar surface area (TPSA) is 84.5 Å². The Bertz CT molecular complexity index is 773. The van der Waals surface area contributed by atoms with Gasteiger partial charge in [-0.3, -0.25) is 14.4 Å². The number of rotatable bonds is 10. The summed E-state index contributed by atoms with van der Waals surface area (Å²) in [5.41, 5.74) is 2.16. The van der Waals surface area contributed by atoms with Crippen molar-refractivity contribution in [1.82, 2.24) is 5.32 Å². The minimum atomic E-state index is -0.265. The van der Waals surface area contributed by atoms with Crippen LogP contribution in [0.3, 0.4) is 0 Å². The minimum absolute atomic E-state index is 0.0764. The maximum Gasteiger partial charge on any atom is 0.310 e. The summed E-state index contributed by atoms with van der Waals surface area (Å²) >= 11 is 0. The highest BCUT2D eigenvalue weighted by molar-refractivity contribution is 5.94. The summed E-state index contributed by atoms with van der Waals surface area (Å²) in [6.07, 6.45) is 2.01. The summed E-state index contributed by atoms with van der Waals surface area (Å²) in [4.78, 5) is 35.4. The average molecular weight is 382 g/mol. The average Bonchev–Trinajstić information content (AvgIpc) is 2.70. The fourth-order valence-electron chi connectivity index (χ4n) is 2.61. The highest BCUT2D eigenvalue weighted by Gasteiger charge is 2.06. The van der Waals surface area contributed by atoms with Crippen molar-refractivity contribution in [3.8, 4) is 0 Å². The van der Waals surface area contributed by atoms with E-state index in [1.807, 2.05) is 18.2 Å². The van der Waals surface area contributed by atoms with Crippen molar-refractivity contribution in [3.63, 3.8) is 0 Å². The fourth-order valence-corrected chi connectivity index (χ4v) is 2.61. The molecule has 0 heterocycles. The standard InChI is InChI=1S/C22H26N2O4/c1-2-28-21(26)16-17-11-13-19(14-12-17)24-20(25)10-6-7-15-23-22(27)18-8-4-3-5-9-18/h3-5,8-9,11-14H,2,6-7,10,15-16H2,1H3,(H,23,27)(H,24,25). The molecule has 0 saturated heterocycles. The summed E-state index contributed by atoms with van der Waals surface area (Å²) in [6, 6.07) is 16.2. The number of carbonyl (C=O) groups is 3. The van der Waals surface area contributed by atoms with Gasteiger partial charge in [0, 0.05) is 24.2 Å². The first kappa shape index (κ1) is 21.2. The van der Waals surface area contributed by atoms with E-state index < -0.39 is 0 Å². The van der Waals surface area contributed by atoms with Crippen LogP contribution in [0, 0.1) is 0 Å². The van der Waals surface area contributed by atoms with Gasteiger partial charge in [0.2, 0.25) is 5.91 Å². The van der Waals surface area contributed by atoms with Crippen LogP contribution in [-0.4, -0.2) is 30.9 Å². The van der Waals surface area contributed by atoms with Gasteiger partial charge in [0.05, 0.1) is 13.0 Å². The highest BCUT2D eigenvalue weighted by atomic mass is 16.5. The lowest BCUT2D eigenvalue weighted by Gasteiger charge is -2.07. The molecule has 28 heavy (non-hydrogen) atoms. The Kier molecular flexibility index (Phi) is 8.72. The molecule has 0 atom stereocenters.